The first kappa shape index (κ1) is 17.6. The maximum absolute atomic E-state index is 12.8. The molecule has 6 nitrogen and oxygen atoms in total. The lowest BCUT2D eigenvalue weighted by Gasteiger charge is -2.48. The van der Waals surface area contributed by atoms with Crippen LogP contribution in [-0.2, 0) is 4.79 Å². The second kappa shape index (κ2) is 7.43. The van der Waals surface area contributed by atoms with Crippen molar-refractivity contribution in [1.82, 2.24) is 15.1 Å². The second-order valence-corrected chi connectivity index (χ2v) is 8.04. The summed E-state index contributed by atoms with van der Waals surface area (Å²) in [5.74, 6) is 2.08. The lowest BCUT2D eigenvalue weighted by molar-refractivity contribution is -0.141. The molecule has 0 unspecified atom stereocenters. The zero-order valence-electron chi connectivity index (χ0n) is 15.6. The predicted molar refractivity (Wildman–Crippen MR) is 97.8 cm³/mol. The van der Waals surface area contributed by atoms with E-state index in [1.54, 1.807) is 12.3 Å². The standard InChI is InChI=1S/C20H29N3O3/c1-14-17(7-11-26-14)20(25)22-10-6-18-16(13-22)2-3-19(24)23(18)12-15-4-8-21-9-5-15/h7,11,15-16,18,21H,2-6,8-10,12-13H2,1H3/t16-,18+/m0/s1. The SMILES string of the molecule is Cc1occc1C(=O)N1CC[C@@H]2[C@@H](CCC(=O)N2CC2CCNCC2)C1. The van der Waals surface area contributed by atoms with Crippen LogP contribution in [-0.4, -0.2) is 60.4 Å². The highest BCUT2D eigenvalue weighted by molar-refractivity contribution is 5.95. The normalized spacial score (nSPS) is 27.5. The molecule has 0 aromatic carbocycles. The van der Waals surface area contributed by atoms with Crippen LogP contribution in [0.1, 0.15) is 48.2 Å². The number of nitrogens with zero attached hydrogens (tertiary/aromatic N) is 2. The van der Waals surface area contributed by atoms with Crippen molar-refractivity contribution in [2.45, 2.75) is 45.1 Å². The summed E-state index contributed by atoms with van der Waals surface area (Å²) in [5, 5.41) is 3.40. The van der Waals surface area contributed by atoms with Crippen molar-refractivity contribution in [3.8, 4) is 0 Å². The number of furan rings is 1. The van der Waals surface area contributed by atoms with Crippen LogP contribution in [0, 0.1) is 18.8 Å². The minimum atomic E-state index is 0.0662. The Bertz CT molecular complexity index is 665. The van der Waals surface area contributed by atoms with Gasteiger partial charge in [0.05, 0.1) is 11.8 Å². The number of aryl methyl sites for hydroxylation is 1. The van der Waals surface area contributed by atoms with E-state index in [1.165, 1.54) is 0 Å². The molecule has 26 heavy (non-hydrogen) atoms. The minimum absolute atomic E-state index is 0.0662. The fraction of sp³-hybridized carbons (Fsp3) is 0.700. The average molecular weight is 359 g/mol. The average Bonchev–Trinajstić information content (AvgIpc) is 3.10. The summed E-state index contributed by atoms with van der Waals surface area (Å²) in [6.45, 7) is 6.33. The molecule has 142 valence electrons. The Kier molecular flexibility index (Phi) is 5.02. The first-order chi connectivity index (χ1) is 12.6. The molecule has 0 saturated carbocycles. The lowest BCUT2D eigenvalue weighted by atomic mass is 9.82. The van der Waals surface area contributed by atoms with Crippen LogP contribution in [0.25, 0.3) is 0 Å². The maximum Gasteiger partial charge on any atom is 0.257 e. The van der Waals surface area contributed by atoms with Crippen LogP contribution in [0.2, 0.25) is 0 Å². The van der Waals surface area contributed by atoms with Crippen LogP contribution >= 0.6 is 0 Å². The summed E-state index contributed by atoms with van der Waals surface area (Å²) in [6, 6.07) is 2.07. The smallest absolute Gasteiger partial charge is 0.257 e. The number of amides is 2. The van der Waals surface area contributed by atoms with Crippen molar-refractivity contribution in [3.63, 3.8) is 0 Å². The number of likely N-dealkylation sites (tertiary alicyclic amines) is 2. The van der Waals surface area contributed by atoms with Crippen molar-refractivity contribution >= 4 is 11.8 Å². The fourth-order valence-electron chi connectivity index (χ4n) is 4.89. The number of rotatable bonds is 3. The van der Waals surface area contributed by atoms with Gasteiger partial charge in [-0.25, -0.2) is 0 Å². The van der Waals surface area contributed by atoms with E-state index in [2.05, 4.69) is 10.2 Å². The van der Waals surface area contributed by atoms with Gasteiger partial charge in [0.25, 0.3) is 5.91 Å². The van der Waals surface area contributed by atoms with Gasteiger partial charge in [0.1, 0.15) is 5.76 Å². The summed E-state index contributed by atoms with van der Waals surface area (Å²) in [6.07, 6.45) is 6.32. The largest absolute Gasteiger partial charge is 0.469 e. The van der Waals surface area contributed by atoms with Crippen molar-refractivity contribution in [2.24, 2.45) is 11.8 Å². The molecule has 4 rings (SSSR count). The molecule has 1 aromatic rings. The highest BCUT2D eigenvalue weighted by Gasteiger charge is 2.41. The molecule has 2 amide bonds. The Morgan fingerprint density at radius 1 is 1.27 bits per heavy atom. The molecule has 4 heterocycles. The molecule has 6 heteroatoms. The number of hydrogen-bond donors (Lipinski definition) is 1. The van der Waals surface area contributed by atoms with Crippen LogP contribution in [0.4, 0.5) is 0 Å². The maximum atomic E-state index is 12.8. The molecule has 3 saturated heterocycles. The Morgan fingerprint density at radius 3 is 2.81 bits per heavy atom. The van der Waals surface area contributed by atoms with Gasteiger partial charge in [-0.15, -0.1) is 0 Å². The monoisotopic (exact) mass is 359 g/mol. The third-order valence-corrected chi connectivity index (χ3v) is 6.43. The summed E-state index contributed by atoms with van der Waals surface area (Å²) in [5.41, 5.74) is 0.668. The van der Waals surface area contributed by atoms with Gasteiger partial charge in [0.15, 0.2) is 0 Å². The van der Waals surface area contributed by atoms with E-state index >= 15 is 0 Å². The van der Waals surface area contributed by atoms with Crippen molar-refractivity contribution in [2.75, 3.05) is 32.7 Å². The third-order valence-electron chi connectivity index (χ3n) is 6.43. The van der Waals surface area contributed by atoms with Crippen molar-refractivity contribution in [1.29, 1.82) is 0 Å². The zero-order valence-corrected chi connectivity index (χ0v) is 15.6. The van der Waals surface area contributed by atoms with Gasteiger partial charge in [-0.1, -0.05) is 0 Å². The number of hydrogen-bond acceptors (Lipinski definition) is 4. The number of carbonyl (C=O) groups is 2. The van der Waals surface area contributed by atoms with Crippen LogP contribution in [0.15, 0.2) is 16.7 Å². The van der Waals surface area contributed by atoms with Crippen LogP contribution in [0.3, 0.4) is 0 Å². The van der Waals surface area contributed by atoms with E-state index in [9.17, 15) is 9.59 Å². The van der Waals surface area contributed by atoms with Crippen molar-refractivity contribution in [3.05, 3.63) is 23.7 Å². The van der Waals surface area contributed by atoms with Crippen LogP contribution < -0.4 is 5.32 Å². The van der Waals surface area contributed by atoms with E-state index in [4.69, 9.17) is 4.42 Å². The summed E-state index contributed by atoms with van der Waals surface area (Å²) in [4.78, 5) is 29.5. The molecule has 0 bridgehead atoms. The van der Waals surface area contributed by atoms with E-state index in [1.807, 2.05) is 11.8 Å². The quantitative estimate of drug-likeness (QED) is 0.897. The van der Waals surface area contributed by atoms with Gasteiger partial charge in [-0.2, -0.15) is 0 Å². The third kappa shape index (κ3) is 3.39. The molecule has 3 fully saturated rings. The highest BCUT2D eigenvalue weighted by Crippen LogP contribution is 2.33. The van der Waals surface area contributed by atoms with Gasteiger partial charge >= 0.3 is 0 Å². The van der Waals surface area contributed by atoms with E-state index in [0.29, 0.717) is 41.5 Å². The van der Waals surface area contributed by atoms with E-state index in [0.717, 1.165) is 58.4 Å². The fourth-order valence-corrected chi connectivity index (χ4v) is 4.89. The molecule has 3 aliphatic rings. The van der Waals surface area contributed by atoms with Crippen LogP contribution in [0.5, 0.6) is 0 Å². The summed E-state index contributed by atoms with van der Waals surface area (Å²) < 4.78 is 5.29. The summed E-state index contributed by atoms with van der Waals surface area (Å²) >= 11 is 0. The molecular formula is C20H29N3O3. The first-order valence-electron chi connectivity index (χ1n) is 9.97. The Balaban J connectivity index is 1.42. The molecule has 3 aliphatic heterocycles. The molecule has 0 aliphatic carbocycles. The topological polar surface area (TPSA) is 65.8 Å². The van der Waals surface area contributed by atoms with Gasteiger partial charge in [0, 0.05) is 32.1 Å². The van der Waals surface area contributed by atoms with Gasteiger partial charge in [-0.3, -0.25) is 9.59 Å². The predicted octanol–water partition coefficient (Wildman–Crippen LogP) is 2.04. The molecule has 1 aromatic heterocycles. The van der Waals surface area contributed by atoms with Crippen molar-refractivity contribution < 1.29 is 14.0 Å². The van der Waals surface area contributed by atoms with Gasteiger partial charge < -0.3 is 19.5 Å². The molecular weight excluding hydrogens is 330 g/mol. The number of fused-ring (bicyclic) bond motifs is 1. The van der Waals surface area contributed by atoms with Gasteiger partial charge in [0.2, 0.25) is 5.91 Å². The Hall–Kier alpha value is -1.82. The number of piperidine rings is 3. The zero-order chi connectivity index (χ0) is 18.1. The number of carbonyl (C=O) groups excluding carboxylic acids is 2. The van der Waals surface area contributed by atoms with Gasteiger partial charge in [-0.05, 0) is 63.6 Å². The molecule has 2 atom stereocenters. The van der Waals surface area contributed by atoms with E-state index in [-0.39, 0.29) is 5.91 Å². The Labute approximate surface area is 154 Å². The lowest BCUT2D eigenvalue weighted by Crippen LogP contribution is -2.58. The highest BCUT2D eigenvalue weighted by atomic mass is 16.3. The summed E-state index contributed by atoms with van der Waals surface area (Å²) in [7, 11) is 0. The molecule has 1 N–H and O–H groups in total. The van der Waals surface area contributed by atoms with E-state index < -0.39 is 0 Å². The molecule has 0 radical (unpaired) electrons. The number of nitrogens with one attached hydrogen (secondary N) is 1. The Morgan fingerprint density at radius 2 is 2.08 bits per heavy atom. The first-order valence-corrected chi connectivity index (χ1v) is 9.97. The second-order valence-electron chi connectivity index (χ2n) is 8.04. The minimum Gasteiger partial charge on any atom is -0.469 e. The molecule has 0 spiro atoms.